The molecule has 0 saturated carbocycles. The number of hydrogen-bond donors (Lipinski definition) is 2. The van der Waals surface area contributed by atoms with E-state index < -0.39 is 0 Å². The van der Waals surface area contributed by atoms with E-state index in [9.17, 15) is 0 Å². The van der Waals surface area contributed by atoms with E-state index in [1.165, 1.54) is 35.3 Å². The number of nitrogen functional groups attached to an aromatic ring is 1. The number of aryl methyl sites for hydroxylation is 2. The molecule has 0 atom stereocenters. The topological polar surface area (TPSA) is 49.9 Å². The summed E-state index contributed by atoms with van der Waals surface area (Å²) in [5.41, 5.74) is 9.28. The smallest absolute Gasteiger partial charge is 0.123 e. The quantitative estimate of drug-likeness (QED) is 0.657. The van der Waals surface area contributed by atoms with Gasteiger partial charge >= 0.3 is 0 Å². The van der Waals surface area contributed by atoms with Gasteiger partial charge in [0.15, 0.2) is 0 Å². The summed E-state index contributed by atoms with van der Waals surface area (Å²) in [5.74, 6) is 0.0744. The van der Waals surface area contributed by atoms with Gasteiger partial charge in [0.1, 0.15) is 5.84 Å². The lowest BCUT2D eigenvalue weighted by molar-refractivity contribution is 0.911. The number of nitrogens with one attached hydrogen (secondary N) is 1. The van der Waals surface area contributed by atoms with E-state index in [1.54, 1.807) is 23.9 Å². The molecule has 1 aliphatic rings. The Kier molecular flexibility index (Phi) is 3.72. The summed E-state index contributed by atoms with van der Waals surface area (Å²) in [7, 11) is 0. The van der Waals surface area contributed by atoms with Crippen molar-refractivity contribution in [1.82, 2.24) is 0 Å². The first-order chi connectivity index (χ1) is 9.63. The molecule has 0 radical (unpaired) electrons. The van der Waals surface area contributed by atoms with E-state index >= 15 is 0 Å². The van der Waals surface area contributed by atoms with Crippen molar-refractivity contribution >= 4 is 29.2 Å². The number of rotatable bonds is 3. The minimum absolute atomic E-state index is 0.0744. The third kappa shape index (κ3) is 2.69. The molecule has 3 rings (SSSR count). The Hall–Kier alpha value is -1.45. The van der Waals surface area contributed by atoms with Crippen LogP contribution in [0.3, 0.4) is 0 Å². The van der Waals surface area contributed by atoms with E-state index in [0.29, 0.717) is 5.02 Å². The van der Waals surface area contributed by atoms with Gasteiger partial charge in [0.2, 0.25) is 0 Å². The van der Waals surface area contributed by atoms with Crippen LogP contribution in [0.15, 0.2) is 46.2 Å². The van der Waals surface area contributed by atoms with Gasteiger partial charge in [-0.1, -0.05) is 29.4 Å². The molecule has 102 valence electrons. The van der Waals surface area contributed by atoms with Crippen LogP contribution in [0.1, 0.15) is 23.1 Å². The van der Waals surface area contributed by atoms with Gasteiger partial charge in [0.05, 0.1) is 0 Å². The van der Waals surface area contributed by atoms with Gasteiger partial charge in [0, 0.05) is 20.4 Å². The summed E-state index contributed by atoms with van der Waals surface area (Å²) in [5, 5.41) is 8.32. The largest absolute Gasteiger partial charge is 0.384 e. The molecule has 4 heteroatoms. The van der Waals surface area contributed by atoms with Crippen LogP contribution < -0.4 is 5.73 Å². The second-order valence-corrected chi connectivity index (χ2v) is 6.49. The zero-order chi connectivity index (χ0) is 14.1. The summed E-state index contributed by atoms with van der Waals surface area (Å²) in [6.45, 7) is 0. The summed E-state index contributed by atoms with van der Waals surface area (Å²) < 4.78 is 0. The molecule has 0 unspecified atom stereocenters. The van der Waals surface area contributed by atoms with Gasteiger partial charge in [-0.25, -0.2) is 0 Å². The Morgan fingerprint density at radius 1 is 1.10 bits per heavy atom. The number of halogens is 1. The number of hydrogen-bond acceptors (Lipinski definition) is 2. The lowest BCUT2D eigenvalue weighted by Gasteiger charge is -2.09. The van der Waals surface area contributed by atoms with Crippen molar-refractivity contribution in [1.29, 1.82) is 5.41 Å². The van der Waals surface area contributed by atoms with Gasteiger partial charge in [-0.2, -0.15) is 0 Å². The SMILES string of the molecule is N=C(N)c1ccc(Cl)cc1Sc1ccc2c(c1)CCC2. The van der Waals surface area contributed by atoms with Gasteiger partial charge in [-0.3, -0.25) is 5.41 Å². The molecular weight excluding hydrogens is 288 g/mol. The predicted octanol–water partition coefficient (Wildman–Crippen LogP) is 4.26. The second kappa shape index (κ2) is 5.51. The Labute approximate surface area is 127 Å². The lowest BCUT2D eigenvalue weighted by atomic mass is 10.1. The monoisotopic (exact) mass is 302 g/mol. The number of benzene rings is 2. The van der Waals surface area contributed by atoms with Crippen LogP contribution in [0, 0.1) is 5.41 Å². The first kappa shape index (κ1) is 13.5. The molecule has 1 aliphatic carbocycles. The Morgan fingerprint density at radius 2 is 1.90 bits per heavy atom. The third-order valence-corrected chi connectivity index (χ3v) is 4.81. The maximum absolute atomic E-state index is 7.66. The van der Waals surface area contributed by atoms with Crippen molar-refractivity contribution < 1.29 is 0 Å². The average Bonchev–Trinajstić information content (AvgIpc) is 2.85. The fourth-order valence-electron chi connectivity index (χ4n) is 2.54. The fraction of sp³-hybridized carbons (Fsp3) is 0.188. The van der Waals surface area contributed by atoms with Crippen molar-refractivity contribution in [2.75, 3.05) is 0 Å². The Bertz CT molecular complexity index is 682. The Morgan fingerprint density at radius 3 is 2.70 bits per heavy atom. The Balaban J connectivity index is 1.95. The number of nitrogens with two attached hydrogens (primary N) is 1. The molecule has 0 bridgehead atoms. The van der Waals surface area contributed by atoms with E-state index in [1.807, 2.05) is 6.07 Å². The molecule has 0 aromatic heterocycles. The van der Waals surface area contributed by atoms with Gasteiger partial charge in [-0.15, -0.1) is 0 Å². The molecule has 2 aromatic carbocycles. The summed E-state index contributed by atoms with van der Waals surface area (Å²) in [6, 6.07) is 12.0. The summed E-state index contributed by atoms with van der Waals surface area (Å²) >= 11 is 7.67. The van der Waals surface area contributed by atoms with Crippen LogP contribution >= 0.6 is 23.4 Å². The van der Waals surface area contributed by atoms with Gasteiger partial charge < -0.3 is 5.73 Å². The summed E-state index contributed by atoms with van der Waals surface area (Å²) in [4.78, 5) is 2.11. The lowest BCUT2D eigenvalue weighted by Crippen LogP contribution is -2.12. The van der Waals surface area contributed by atoms with Crippen LogP contribution in [0.25, 0.3) is 0 Å². The van der Waals surface area contributed by atoms with Crippen LogP contribution in [0.2, 0.25) is 5.02 Å². The van der Waals surface area contributed by atoms with Crippen LogP contribution in [-0.4, -0.2) is 5.84 Å². The van der Waals surface area contributed by atoms with Crippen LogP contribution in [0.4, 0.5) is 0 Å². The molecule has 0 aliphatic heterocycles. The maximum Gasteiger partial charge on any atom is 0.123 e. The van der Waals surface area contributed by atoms with Gasteiger partial charge in [-0.05, 0) is 60.7 Å². The predicted molar refractivity (Wildman–Crippen MR) is 85.1 cm³/mol. The van der Waals surface area contributed by atoms with Crippen molar-refractivity contribution in [3.8, 4) is 0 Å². The second-order valence-electron chi connectivity index (χ2n) is 4.94. The molecule has 3 N–H and O–H groups in total. The highest BCUT2D eigenvalue weighted by Gasteiger charge is 2.13. The number of fused-ring (bicyclic) bond motifs is 1. The molecule has 2 aromatic rings. The van der Waals surface area contributed by atoms with Crippen LogP contribution in [0.5, 0.6) is 0 Å². The van der Waals surface area contributed by atoms with E-state index in [4.69, 9.17) is 22.7 Å². The molecule has 0 heterocycles. The van der Waals surface area contributed by atoms with Crippen molar-refractivity contribution in [2.45, 2.75) is 29.1 Å². The molecule has 20 heavy (non-hydrogen) atoms. The van der Waals surface area contributed by atoms with E-state index in [-0.39, 0.29) is 5.84 Å². The van der Waals surface area contributed by atoms with E-state index in [0.717, 1.165) is 10.5 Å². The molecule has 0 fully saturated rings. The minimum atomic E-state index is 0.0744. The highest BCUT2D eigenvalue weighted by molar-refractivity contribution is 7.99. The molecule has 0 amide bonds. The maximum atomic E-state index is 7.66. The third-order valence-electron chi connectivity index (χ3n) is 3.53. The average molecular weight is 303 g/mol. The molecular formula is C16H15ClN2S. The minimum Gasteiger partial charge on any atom is -0.384 e. The standard InChI is InChI=1S/C16H15ClN2S/c17-12-5-7-14(16(18)19)15(9-12)20-13-6-4-10-2-1-3-11(10)8-13/h4-9H,1-3H2,(H3,18,19). The zero-order valence-corrected chi connectivity index (χ0v) is 12.5. The van der Waals surface area contributed by atoms with Crippen LogP contribution in [-0.2, 0) is 12.8 Å². The normalized spacial score (nSPS) is 13.2. The highest BCUT2D eigenvalue weighted by Crippen LogP contribution is 2.35. The molecule has 0 spiro atoms. The summed E-state index contributed by atoms with van der Waals surface area (Å²) in [6.07, 6.45) is 3.61. The molecule has 0 saturated heterocycles. The number of amidine groups is 1. The highest BCUT2D eigenvalue weighted by atomic mass is 35.5. The van der Waals surface area contributed by atoms with Crippen molar-refractivity contribution in [2.24, 2.45) is 5.73 Å². The fourth-order valence-corrected chi connectivity index (χ4v) is 3.84. The first-order valence-electron chi connectivity index (χ1n) is 6.57. The molecule has 2 nitrogen and oxygen atoms in total. The van der Waals surface area contributed by atoms with Gasteiger partial charge in [0.25, 0.3) is 0 Å². The zero-order valence-electron chi connectivity index (χ0n) is 10.9. The van der Waals surface area contributed by atoms with Crippen molar-refractivity contribution in [3.63, 3.8) is 0 Å². The van der Waals surface area contributed by atoms with E-state index in [2.05, 4.69) is 18.2 Å². The van der Waals surface area contributed by atoms with Crippen molar-refractivity contribution in [3.05, 3.63) is 58.1 Å². The first-order valence-corrected chi connectivity index (χ1v) is 7.76.